The average Bonchev–Trinajstić information content (AvgIpc) is 2.79. The number of hydrogen-bond donors (Lipinski definition) is 5. The number of aromatic nitrogens is 2. The van der Waals surface area contributed by atoms with Crippen molar-refractivity contribution >= 4 is 11.9 Å². The van der Waals surface area contributed by atoms with Crippen LogP contribution in [0.5, 0.6) is 0 Å². The molecule has 1 aromatic heterocycles. The normalized spacial score (nSPS) is 27.1. The van der Waals surface area contributed by atoms with E-state index in [-0.39, 0.29) is 12.8 Å². The van der Waals surface area contributed by atoms with Gasteiger partial charge in [0, 0.05) is 12.3 Å². The van der Waals surface area contributed by atoms with Crippen molar-refractivity contribution in [1.29, 1.82) is 0 Å². The summed E-state index contributed by atoms with van der Waals surface area (Å²) in [5, 5.41) is 37.8. The summed E-state index contributed by atoms with van der Waals surface area (Å²) in [5.41, 5.74) is -1.47. The maximum atomic E-state index is 11.8. The fourth-order valence-corrected chi connectivity index (χ4v) is 2.71. The second-order valence-electron chi connectivity index (χ2n) is 5.77. The van der Waals surface area contributed by atoms with Crippen LogP contribution in [0.15, 0.2) is 21.9 Å². The molecule has 0 aliphatic carbocycles. The number of carboxylic acid groups (broad SMARTS) is 2. The van der Waals surface area contributed by atoms with Crippen LogP contribution in [0.3, 0.4) is 0 Å². The van der Waals surface area contributed by atoms with Gasteiger partial charge in [0.05, 0.1) is 18.4 Å². The van der Waals surface area contributed by atoms with Crippen molar-refractivity contribution in [2.45, 2.75) is 43.8 Å². The third kappa shape index (κ3) is 4.32. The molecule has 0 amide bonds. The standard InChI is InChI=1S/C14H18N2O9/c17-8-3-4-16(14(24)15-8)12-11(21)10(20)7(25-12)2-1-6(13(22)23)5-9(18)19/h3-4,6-7,10-12,20-21H,1-2,5H2,(H,18,19)(H,22,23)(H,15,17,24)/t6?,7-,10-,11-,12-/m1/s1. The lowest BCUT2D eigenvalue weighted by Crippen LogP contribution is -2.37. The Morgan fingerprint density at radius 1 is 1.24 bits per heavy atom. The fourth-order valence-electron chi connectivity index (χ4n) is 2.71. The first-order valence-corrected chi connectivity index (χ1v) is 7.48. The minimum atomic E-state index is -1.48. The number of hydrogen-bond acceptors (Lipinski definition) is 7. The number of aliphatic hydroxyl groups excluding tert-OH is 2. The maximum Gasteiger partial charge on any atom is 0.330 e. The molecular formula is C14H18N2O9. The number of nitrogens with zero attached hydrogens (tertiary/aromatic N) is 1. The summed E-state index contributed by atoms with van der Waals surface area (Å²) in [7, 11) is 0. The van der Waals surface area contributed by atoms with Gasteiger partial charge in [-0.2, -0.15) is 0 Å². The molecule has 0 aromatic carbocycles. The van der Waals surface area contributed by atoms with Gasteiger partial charge in [-0.25, -0.2) is 4.79 Å². The Balaban J connectivity index is 2.08. The largest absolute Gasteiger partial charge is 0.481 e. The van der Waals surface area contributed by atoms with Crippen LogP contribution in [0.4, 0.5) is 0 Å². The molecule has 0 radical (unpaired) electrons. The molecule has 25 heavy (non-hydrogen) atoms. The van der Waals surface area contributed by atoms with Crippen LogP contribution < -0.4 is 11.2 Å². The number of H-pyrrole nitrogens is 1. The SMILES string of the molecule is O=C(O)CC(CC[C@H]1O[C@@H](n2ccc(=O)[nH]c2=O)[C@H](O)[C@@H]1O)C(=O)O. The van der Waals surface area contributed by atoms with Crippen molar-refractivity contribution < 1.29 is 34.8 Å². The van der Waals surface area contributed by atoms with Gasteiger partial charge in [-0.05, 0) is 12.8 Å². The summed E-state index contributed by atoms with van der Waals surface area (Å²) >= 11 is 0. The van der Waals surface area contributed by atoms with Crippen molar-refractivity contribution in [1.82, 2.24) is 9.55 Å². The van der Waals surface area contributed by atoms with Crippen LogP contribution in [-0.4, -0.2) is 60.2 Å². The number of aliphatic carboxylic acids is 2. The Bertz CT molecular complexity index is 755. The van der Waals surface area contributed by atoms with Crippen LogP contribution in [0.25, 0.3) is 0 Å². The van der Waals surface area contributed by atoms with Gasteiger partial charge in [-0.3, -0.25) is 23.9 Å². The third-order valence-corrected chi connectivity index (χ3v) is 4.03. The highest BCUT2D eigenvalue weighted by Gasteiger charge is 2.44. The highest BCUT2D eigenvalue weighted by atomic mass is 16.6. The van der Waals surface area contributed by atoms with E-state index in [1.165, 1.54) is 0 Å². The lowest BCUT2D eigenvalue weighted by atomic mass is 9.95. The smallest absolute Gasteiger partial charge is 0.330 e. The van der Waals surface area contributed by atoms with E-state index in [9.17, 15) is 29.4 Å². The summed E-state index contributed by atoms with van der Waals surface area (Å²) in [6.45, 7) is 0. The first-order chi connectivity index (χ1) is 11.7. The zero-order chi connectivity index (χ0) is 18.7. The van der Waals surface area contributed by atoms with Crippen molar-refractivity contribution in [3.63, 3.8) is 0 Å². The molecule has 1 fully saturated rings. The van der Waals surface area contributed by atoms with Crippen LogP contribution in [-0.2, 0) is 14.3 Å². The molecule has 1 aromatic rings. The molecule has 11 nitrogen and oxygen atoms in total. The second kappa shape index (κ2) is 7.59. The number of rotatable bonds is 7. The molecule has 1 saturated heterocycles. The Hall–Kier alpha value is -2.50. The maximum absolute atomic E-state index is 11.8. The van der Waals surface area contributed by atoms with Crippen LogP contribution >= 0.6 is 0 Å². The van der Waals surface area contributed by atoms with E-state index < -0.39 is 60.1 Å². The quantitative estimate of drug-likeness (QED) is 0.372. The van der Waals surface area contributed by atoms with Gasteiger partial charge in [-0.15, -0.1) is 0 Å². The zero-order valence-electron chi connectivity index (χ0n) is 12.9. The van der Waals surface area contributed by atoms with E-state index in [1.54, 1.807) is 0 Å². The summed E-state index contributed by atoms with van der Waals surface area (Å²) in [6, 6.07) is 1.05. The van der Waals surface area contributed by atoms with Gasteiger partial charge >= 0.3 is 17.6 Å². The Labute approximate surface area is 140 Å². The first kappa shape index (κ1) is 18.8. The number of carbonyl (C=O) groups is 2. The molecule has 2 rings (SSSR count). The van der Waals surface area contributed by atoms with Gasteiger partial charge in [0.25, 0.3) is 5.56 Å². The van der Waals surface area contributed by atoms with E-state index in [0.717, 1.165) is 16.8 Å². The highest BCUT2D eigenvalue weighted by molar-refractivity contribution is 5.77. The molecule has 1 unspecified atom stereocenters. The monoisotopic (exact) mass is 358 g/mol. The van der Waals surface area contributed by atoms with Crippen molar-refractivity contribution in [2.75, 3.05) is 0 Å². The number of aromatic amines is 1. The highest BCUT2D eigenvalue weighted by Crippen LogP contribution is 2.31. The molecule has 1 aliphatic rings. The third-order valence-electron chi connectivity index (χ3n) is 4.03. The van der Waals surface area contributed by atoms with Gasteiger partial charge in [-0.1, -0.05) is 0 Å². The van der Waals surface area contributed by atoms with E-state index >= 15 is 0 Å². The second-order valence-corrected chi connectivity index (χ2v) is 5.77. The van der Waals surface area contributed by atoms with Crippen LogP contribution in [0.2, 0.25) is 0 Å². The fraction of sp³-hybridized carbons (Fsp3) is 0.571. The average molecular weight is 358 g/mol. The Morgan fingerprint density at radius 3 is 2.48 bits per heavy atom. The number of nitrogens with one attached hydrogen (secondary N) is 1. The zero-order valence-corrected chi connectivity index (χ0v) is 12.9. The summed E-state index contributed by atoms with van der Waals surface area (Å²) in [5.74, 6) is -3.72. The predicted octanol–water partition coefficient (Wildman–Crippen LogP) is -1.89. The molecule has 1 aliphatic heterocycles. The minimum absolute atomic E-state index is 0.0307. The van der Waals surface area contributed by atoms with Crippen molar-refractivity contribution in [2.24, 2.45) is 5.92 Å². The van der Waals surface area contributed by atoms with Crippen LogP contribution in [0, 0.1) is 5.92 Å². The summed E-state index contributed by atoms with van der Waals surface area (Å²) in [4.78, 5) is 46.5. The summed E-state index contributed by atoms with van der Waals surface area (Å²) < 4.78 is 6.33. The minimum Gasteiger partial charge on any atom is -0.481 e. The summed E-state index contributed by atoms with van der Waals surface area (Å²) in [6.07, 6.45) is -4.72. The van der Waals surface area contributed by atoms with Gasteiger partial charge in [0.2, 0.25) is 0 Å². The van der Waals surface area contributed by atoms with Gasteiger partial charge in [0.1, 0.15) is 12.2 Å². The Kier molecular flexibility index (Phi) is 5.72. The molecule has 0 bridgehead atoms. The lowest BCUT2D eigenvalue weighted by Gasteiger charge is -2.17. The van der Waals surface area contributed by atoms with Crippen molar-refractivity contribution in [3.8, 4) is 0 Å². The van der Waals surface area contributed by atoms with Gasteiger partial charge < -0.3 is 25.2 Å². The van der Waals surface area contributed by atoms with E-state index in [2.05, 4.69) is 0 Å². The molecule has 138 valence electrons. The van der Waals surface area contributed by atoms with Crippen LogP contribution in [0.1, 0.15) is 25.5 Å². The Morgan fingerprint density at radius 2 is 1.92 bits per heavy atom. The van der Waals surface area contributed by atoms with E-state index in [4.69, 9.17) is 14.9 Å². The van der Waals surface area contributed by atoms with Crippen molar-refractivity contribution in [3.05, 3.63) is 33.1 Å². The topological polar surface area (TPSA) is 179 Å². The number of ether oxygens (including phenoxy) is 1. The molecule has 5 atom stereocenters. The van der Waals surface area contributed by atoms with Gasteiger partial charge in [0.15, 0.2) is 6.23 Å². The molecule has 0 spiro atoms. The molecule has 11 heteroatoms. The molecule has 2 heterocycles. The number of aliphatic hydroxyl groups is 2. The lowest BCUT2D eigenvalue weighted by molar-refractivity contribution is -0.148. The molecular weight excluding hydrogens is 340 g/mol. The van der Waals surface area contributed by atoms with E-state index in [0.29, 0.717) is 0 Å². The number of carboxylic acids is 2. The predicted molar refractivity (Wildman–Crippen MR) is 79.9 cm³/mol. The first-order valence-electron chi connectivity index (χ1n) is 7.48. The molecule has 5 N–H and O–H groups in total. The molecule has 0 saturated carbocycles. The van der Waals surface area contributed by atoms with E-state index in [1.807, 2.05) is 4.98 Å².